The molecule has 1 aliphatic rings. The van der Waals surface area contributed by atoms with Crippen LogP contribution in [0.3, 0.4) is 0 Å². The van der Waals surface area contributed by atoms with Gasteiger partial charge in [-0.15, -0.1) is 24.8 Å². The number of anilines is 1. The van der Waals surface area contributed by atoms with E-state index in [1.165, 1.54) is 0 Å². The van der Waals surface area contributed by atoms with E-state index >= 15 is 0 Å². The maximum Gasteiger partial charge on any atom is 0.254 e. The number of aliphatic hydroxyl groups is 1. The molecule has 0 aromatic heterocycles. The molecule has 0 saturated carbocycles. The molecule has 0 bridgehead atoms. The van der Waals surface area contributed by atoms with Crippen molar-refractivity contribution in [3.8, 4) is 5.75 Å². The first-order chi connectivity index (χ1) is 12.6. The van der Waals surface area contributed by atoms with E-state index in [-0.39, 0.29) is 37.3 Å². The predicted molar refractivity (Wildman–Crippen MR) is 116 cm³/mol. The average Bonchev–Trinajstić information content (AvgIpc) is 2.67. The van der Waals surface area contributed by atoms with Crippen LogP contribution in [0.1, 0.15) is 10.4 Å². The van der Waals surface area contributed by atoms with Gasteiger partial charge in [0.2, 0.25) is 0 Å². The second kappa shape index (κ2) is 11.8. The zero-order valence-electron chi connectivity index (χ0n) is 15.6. The largest absolute Gasteiger partial charge is 0.491 e. The molecule has 3 rings (SSSR count). The number of β-amino-alcohol motifs (C(OH)–C–C–N with tert-alkyl or cyclic N) is 1. The van der Waals surface area contributed by atoms with E-state index in [0.717, 1.165) is 18.8 Å². The number of halogens is 2. The highest BCUT2D eigenvalue weighted by atomic mass is 35.5. The van der Waals surface area contributed by atoms with Crippen LogP contribution >= 0.6 is 24.8 Å². The SMILES string of the molecule is Cl.Cl.Nc1cccc(C(=O)N2CCN(CC(O)COc3ccccc3)CC2)c1. The smallest absolute Gasteiger partial charge is 0.254 e. The number of benzene rings is 2. The molecule has 1 heterocycles. The molecule has 2 aromatic rings. The summed E-state index contributed by atoms with van der Waals surface area (Å²) < 4.78 is 5.58. The van der Waals surface area contributed by atoms with Crippen molar-refractivity contribution in [1.29, 1.82) is 0 Å². The average molecular weight is 428 g/mol. The zero-order chi connectivity index (χ0) is 18.4. The molecule has 0 radical (unpaired) electrons. The van der Waals surface area contributed by atoms with Crippen LogP contribution in [0.2, 0.25) is 0 Å². The third-order valence-electron chi connectivity index (χ3n) is 4.45. The van der Waals surface area contributed by atoms with Crippen LogP contribution in [0.5, 0.6) is 5.75 Å². The standard InChI is InChI=1S/C20H25N3O3.2ClH/c21-17-6-4-5-16(13-17)20(25)23-11-9-22(10-12-23)14-18(24)15-26-19-7-2-1-3-8-19;;/h1-8,13,18,24H,9-12,14-15,21H2;2*1H. The van der Waals surface area contributed by atoms with Gasteiger partial charge in [-0.2, -0.15) is 0 Å². The van der Waals surface area contributed by atoms with Gasteiger partial charge in [0.05, 0.1) is 0 Å². The normalized spacial score (nSPS) is 15.1. The highest BCUT2D eigenvalue weighted by molar-refractivity contribution is 5.95. The molecule has 28 heavy (non-hydrogen) atoms. The van der Waals surface area contributed by atoms with Crippen molar-refractivity contribution in [1.82, 2.24) is 9.80 Å². The van der Waals surface area contributed by atoms with E-state index in [0.29, 0.717) is 30.9 Å². The number of carbonyl (C=O) groups excluding carboxylic acids is 1. The van der Waals surface area contributed by atoms with Crippen molar-refractivity contribution >= 4 is 36.4 Å². The summed E-state index contributed by atoms with van der Waals surface area (Å²) in [4.78, 5) is 16.5. The summed E-state index contributed by atoms with van der Waals surface area (Å²) in [7, 11) is 0. The third kappa shape index (κ3) is 6.87. The van der Waals surface area contributed by atoms with Crippen molar-refractivity contribution in [3.05, 3.63) is 60.2 Å². The highest BCUT2D eigenvalue weighted by Gasteiger charge is 2.23. The summed E-state index contributed by atoms with van der Waals surface area (Å²) in [6.45, 7) is 3.53. The van der Waals surface area contributed by atoms with Gasteiger partial charge < -0.3 is 20.5 Å². The number of nitrogen functional groups attached to an aromatic ring is 1. The Labute approximate surface area is 178 Å². The molecule has 1 unspecified atom stereocenters. The van der Waals surface area contributed by atoms with Gasteiger partial charge >= 0.3 is 0 Å². The van der Waals surface area contributed by atoms with Gasteiger partial charge in [0.25, 0.3) is 5.91 Å². The Morgan fingerprint density at radius 3 is 2.36 bits per heavy atom. The molecule has 1 atom stereocenters. The summed E-state index contributed by atoms with van der Waals surface area (Å²) in [5, 5.41) is 10.2. The first-order valence-electron chi connectivity index (χ1n) is 8.85. The van der Waals surface area contributed by atoms with Crippen LogP contribution in [-0.2, 0) is 0 Å². The molecule has 1 aliphatic heterocycles. The molecule has 8 heteroatoms. The number of rotatable bonds is 6. The number of ether oxygens (including phenoxy) is 1. The van der Waals surface area contributed by atoms with Gasteiger partial charge in [0.15, 0.2) is 0 Å². The van der Waals surface area contributed by atoms with Crippen LogP contribution in [0.25, 0.3) is 0 Å². The fourth-order valence-electron chi connectivity index (χ4n) is 3.05. The van der Waals surface area contributed by atoms with E-state index < -0.39 is 6.10 Å². The first kappa shape index (κ1) is 24.0. The number of hydrogen-bond donors (Lipinski definition) is 2. The Morgan fingerprint density at radius 1 is 1.04 bits per heavy atom. The number of aliphatic hydroxyl groups excluding tert-OH is 1. The lowest BCUT2D eigenvalue weighted by Crippen LogP contribution is -2.51. The summed E-state index contributed by atoms with van der Waals surface area (Å²) in [6.07, 6.45) is -0.564. The van der Waals surface area contributed by atoms with E-state index in [1.807, 2.05) is 35.2 Å². The molecule has 1 saturated heterocycles. The highest BCUT2D eigenvalue weighted by Crippen LogP contribution is 2.13. The van der Waals surface area contributed by atoms with Gasteiger partial charge in [0.1, 0.15) is 18.5 Å². The summed E-state index contributed by atoms with van der Waals surface area (Å²) >= 11 is 0. The van der Waals surface area contributed by atoms with Crippen molar-refractivity contribution in [3.63, 3.8) is 0 Å². The van der Waals surface area contributed by atoms with E-state index in [4.69, 9.17) is 10.5 Å². The molecule has 1 fully saturated rings. The molecule has 3 N–H and O–H groups in total. The van der Waals surface area contributed by atoms with Gasteiger partial charge in [0, 0.05) is 44.0 Å². The zero-order valence-corrected chi connectivity index (χ0v) is 17.2. The van der Waals surface area contributed by atoms with E-state index in [9.17, 15) is 9.90 Å². The number of hydrogen-bond acceptors (Lipinski definition) is 5. The van der Waals surface area contributed by atoms with Gasteiger partial charge in [-0.05, 0) is 30.3 Å². The van der Waals surface area contributed by atoms with Crippen LogP contribution in [0, 0.1) is 0 Å². The van der Waals surface area contributed by atoms with Gasteiger partial charge in [-0.1, -0.05) is 24.3 Å². The number of nitrogens with zero attached hydrogens (tertiary/aromatic N) is 2. The van der Waals surface area contributed by atoms with Gasteiger partial charge in [-0.25, -0.2) is 0 Å². The molecule has 0 aliphatic carbocycles. The molecular weight excluding hydrogens is 401 g/mol. The minimum absolute atomic E-state index is 0. The second-order valence-corrected chi connectivity index (χ2v) is 6.50. The van der Waals surface area contributed by atoms with E-state index in [2.05, 4.69) is 4.90 Å². The number of para-hydroxylation sites is 1. The Bertz CT molecular complexity index is 726. The quantitative estimate of drug-likeness (QED) is 0.691. The molecule has 1 amide bonds. The minimum atomic E-state index is -0.564. The number of carbonyl (C=O) groups is 1. The second-order valence-electron chi connectivity index (χ2n) is 6.50. The minimum Gasteiger partial charge on any atom is -0.491 e. The number of amides is 1. The van der Waals surface area contributed by atoms with Gasteiger partial charge in [-0.3, -0.25) is 9.69 Å². The summed E-state index contributed by atoms with van der Waals surface area (Å²) in [6, 6.07) is 16.5. The van der Waals surface area contributed by atoms with Crippen molar-refractivity contribution < 1.29 is 14.6 Å². The summed E-state index contributed by atoms with van der Waals surface area (Å²) in [5.41, 5.74) is 6.97. The van der Waals surface area contributed by atoms with E-state index in [1.54, 1.807) is 24.3 Å². The summed E-state index contributed by atoms with van der Waals surface area (Å²) in [5.74, 6) is 0.758. The Kier molecular flexibility index (Phi) is 10.1. The predicted octanol–water partition coefficient (Wildman–Crippen LogP) is 2.31. The van der Waals surface area contributed by atoms with Crippen LogP contribution < -0.4 is 10.5 Å². The maximum atomic E-state index is 12.5. The monoisotopic (exact) mass is 427 g/mol. The molecular formula is C20H27Cl2N3O3. The lowest BCUT2D eigenvalue weighted by atomic mass is 10.1. The fraction of sp³-hybridized carbons (Fsp3) is 0.350. The lowest BCUT2D eigenvalue weighted by Gasteiger charge is -2.35. The molecule has 0 spiro atoms. The number of nitrogens with two attached hydrogens (primary N) is 1. The Balaban J connectivity index is 0.00000196. The molecule has 154 valence electrons. The fourth-order valence-corrected chi connectivity index (χ4v) is 3.05. The van der Waals surface area contributed by atoms with Crippen molar-refractivity contribution in [2.24, 2.45) is 0 Å². The first-order valence-corrected chi connectivity index (χ1v) is 8.85. The molecule has 6 nitrogen and oxygen atoms in total. The van der Waals surface area contributed by atoms with Crippen LogP contribution in [-0.4, -0.2) is 66.2 Å². The van der Waals surface area contributed by atoms with Crippen molar-refractivity contribution in [2.75, 3.05) is 45.1 Å². The Hall–Kier alpha value is -1.99. The third-order valence-corrected chi connectivity index (χ3v) is 4.45. The van der Waals surface area contributed by atoms with Crippen molar-refractivity contribution in [2.45, 2.75) is 6.10 Å². The van der Waals surface area contributed by atoms with Crippen LogP contribution in [0.4, 0.5) is 5.69 Å². The lowest BCUT2D eigenvalue weighted by molar-refractivity contribution is 0.0403. The molecule has 2 aromatic carbocycles. The maximum absolute atomic E-state index is 12.5. The van der Waals surface area contributed by atoms with Crippen LogP contribution in [0.15, 0.2) is 54.6 Å². The number of piperazine rings is 1. The Morgan fingerprint density at radius 2 is 1.71 bits per heavy atom. The topological polar surface area (TPSA) is 79.0 Å².